The number of aliphatic hydroxyl groups excluding tert-OH is 2. The van der Waals surface area contributed by atoms with Crippen LogP contribution in [0.25, 0.3) is 0 Å². The molecule has 454 valence electrons. The summed E-state index contributed by atoms with van der Waals surface area (Å²) in [6, 6.07) is 0. The zero-order chi connectivity index (χ0) is 57.5. The number of rotatable bonds is 54. The van der Waals surface area contributed by atoms with Gasteiger partial charge in [0.25, 0.3) is 0 Å². The fourth-order valence-corrected chi connectivity index (χ4v) is 9.46. The van der Waals surface area contributed by atoms with Crippen LogP contribution >= 0.6 is 0 Å². The Bertz CT molecular complexity index is 1650. The average molecular weight is 1110 g/mol. The number of ether oxygens (including phenoxy) is 5. The van der Waals surface area contributed by atoms with Crippen LogP contribution in [0.2, 0.25) is 0 Å². The highest BCUT2D eigenvalue weighted by atomic mass is 16.7. The summed E-state index contributed by atoms with van der Waals surface area (Å²) in [5.41, 5.74) is 0. The maximum Gasteiger partial charge on any atom is 0.335 e. The van der Waals surface area contributed by atoms with Crippen molar-refractivity contribution < 1.29 is 58.2 Å². The summed E-state index contributed by atoms with van der Waals surface area (Å²) in [7, 11) is 0. The highest BCUT2D eigenvalue weighted by Crippen LogP contribution is 2.27. The van der Waals surface area contributed by atoms with E-state index in [4.69, 9.17) is 23.7 Å². The van der Waals surface area contributed by atoms with Gasteiger partial charge in [0, 0.05) is 19.3 Å². The lowest BCUT2D eigenvalue weighted by atomic mass is 9.98. The van der Waals surface area contributed by atoms with E-state index in [9.17, 15) is 34.5 Å². The first-order valence-corrected chi connectivity index (χ1v) is 31.9. The molecule has 0 saturated carbocycles. The third-order valence-electron chi connectivity index (χ3n) is 14.3. The van der Waals surface area contributed by atoms with E-state index in [1.165, 1.54) is 96.3 Å². The molecule has 1 saturated heterocycles. The molecule has 0 bridgehead atoms. The molecule has 3 N–H and O–H groups in total. The van der Waals surface area contributed by atoms with Gasteiger partial charge in [0.05, 0.1) is 6.61 Å². The Morgan fingerprint density at radius 2 is 0.797 bits per heavy atom. The van der Waals surface area contributed by atoms with Gasteiger partial charge in [-0.15, -0.1) is 0 Å². The SMILES string of the molecule is CC/C=C\C/C=C\C/C=C\CCCCCCCC(=O)OC(COC(=O)CCCCCCCCCCCCCCCCCCCCC)COC1OC(C(=O)O)C(O)C(O)C1OC(=O)CCCCCCC/C=C\C/C=C\C/C=C\CC. The highest BCUT2D eigenvalue weighted by Gasteiger charge is 2.50. The van der Waals surface area contributed by atoms with Crippen LogP contribution < -0.4 is 0 Å². The van der Waals surface area contributed by atoms with Crippen LogP contribution in [0.4, 0.5) is 0 Å². The van der Waals surface area contributed by atoms with Gasteiger partial charge in [-0.3, -0.25) is 14.4 Å². The molecule has 0 aliphatic carbocycles. The first kappa shape index (κ1) is 73.2. The van der Waals surface area contributed by atoms with Gasteiger partial charge in [-0.25, -0.2) is 4.79 Å². The van der Waals surface area contributed by atoms with Crippen LogP contribution in [-0.2, 0) is 42.9 Å². The molecule has 0 aromatic rings. The van der Waals surface area contributed by atoms with Crippen molar-refractivity contribution in [1.82, 2.24) is 0 Å². The first-order valence-electron chi connectivity index (χ1n) is 31.9. The Kier molecular flexibility index (Phi) is 50.7. The predicted molar refractivity (Wildman–Crippen MR) is 322 cm³/mol. The zero-order valence-corrected chi connectivity index (χ0v) is 50.1. The van der Waals surface area contributed by atoms with Crippen LogP contribution in [0.5, 0.6) is 0 Å². The van der Waals surface area contributed by atoms with Crippen molar-refractivity contribution in [3.05, 3.63) is 72.9 Å². The largest absolute Gasteiger partial charge is 0.479 e. The standard InChI is InChI=1S/C67H114O12/c1-4-7-10-13-16-19-22-25-28-29-30-31-34-35-38-41-44-47-50-53-59(68)75-56-58(77-60(69)54-51-48-45-42-39-36-32-26-23-20-17-14-11-8-5-2)57-76-67-65(63(72)62(71)64(79-67)66(73)74)78-61(70)55-52-49-46-43-40-37-33-27-24-21-18-15-12-9-6-3/h8-9,11-12,17-18,20-21,26-27,32-33,58,62-65,67,71-72H,4-7,10,13-16,19,22-25,28-31,34-57H2,1-3H3,(H,73,74)/b11-8-,12-9-,20-17-,21-18-,32-26-,33-27-. The van der Waals surface area contributed by atoms with Crippen molar-refractivity contribution in [3.63, 3.8) is 0 Å². The minimum absolute atomic E-state index is 0.0380. The quantitative estimate of drug-likeness (QED) is 0.0228. The minimum Gasteiger partial charge on any atom is -0.479 e. The Morgan fingerprint density at radius 3 is 1.22 bits per heavy atom. The van der Waals surface area contributed by atoms with Crippen LogP contribution in [-0.4, -0.2) is 89.2 Å². The van der Waals surface area contributed by atoms with Gasteiger partial charge in [0.1, 0.15) is 18.8 Å². The van der Waals surface area contributed by atoms with E-state index in [2.05, 4.69) is 93.7 Å². The number of aliphatic hydroxyl groups is 2. The summed E-state index contributed by atoms with van der Waals surface area (Å²) in [5.74, 6) is -3.15. The molecule has 12 heteroatoms. The van der Waals surface area contributed by atoms with Crippen molar-refractivity contribution in [2.45, 2.75) is 314 Å². The number of aliphatic carboxylic acids is 1. The second-order valence-electron chi connectivity index (χ2n) is 21.6. The van der Waals surface area contributed by atoms with Gasteiger partial charge in [0.2, 0.25) is 0 Å². The maximum absolute atomic E-state index is 13.2. The number of allylic oxidation sites excluding steroid dienone is 12. The van der Waals surface area contributed by atoms with E-state index in [0.29, 0.717) is 19.3 Å². The Labute approximate surface area is 480 Å². The lowest BCUT2D eigenvalue weighted by Gasteiger charge is -2.40. The van der Waals surface area contributed by atoms with Crippen molar-refractivity contribution in [1.29, 1.82) is 0 Å². The van der Waals surface area contributed by atoms with Crippen LogP contribution in [0, 0.1) is 0 Å². The second kappa shape index (κ2) is 54.7. The lowest BCUT2D eigenvalue weighted by Crippen LogP contribution is -2.61. The number of unbranched alkanes of at least 4 members (excludes halogenated alkanes) is 28. The van der Waals surface area contributed by atoms with Crippen molar-refractivity contribution in [2.24, 2.45) is 0 Å². The number of hydrogen-bond acceptors (Lipinski definition) is 11. The summed E-state index contributed by atoms with van der Waals surface area (Å²) >= 11 is 0. The number of esters is 3. The summed E-state index contributed by atoms with van der Waals surface area (Å²) < 4.78 is 28.5. The monoisotopic (exact) mass is 1110 g/mol. The first-order chi connectivity index (χ1) is 38.6. The molecule has 79 heavy (non-hydrogen) atoms. The molecule has 6 unspecified atom stereocenters. The molecule has 1 aliphatic rings. The van der Waals surface area contributed by atoms with Crippen molar-refractivity contribution >= 4 is 23.9 Å². The van der Waals surface area contributed by atoms with Gasteiger partial charge in [-0.2, -0.15) is 0 Å². The number of carbonyl (C=O) groups is 4. The molecular weight excluding hydrogens is 997 g/mol. The van der Waals surface area contributed by atoms with E-state index in [1.54, 1.807) is 0 Å². The molecule has 1 rings (SSSR count). The van der Waals surface area contributed by atoms with Crippen LogP contribution in [0.15, 0.2) is 72.9 Å². The molecule has 6 atom stereocenters. The van der Waals surface area contributed by atoms with Crippen LogP contribution in [0.1, 0.15) is 278 Å². The second-order valence-corrected chi connectivity index (χ2v) is 21.6. The Morgan fingerprint density at radius 1 is 0.430 bits per heavy atom. The number of carboxylic acid groups (broad SMARTS) is 1. The molecule has 12 nitrogen and oxygen atoms in total. The molecule has 1 heterocycles. The van der Waals surface area contributed by atoms with E-state index in [-0.39, 0.29) is 25.9 Å². The molecule has 0 aromatic carbocycles. The third-order valence-corrected chi connectivity index (χ3v) is 14.3. The van der Waals surface area contributed by atoms with Crippen molar-refractivity contribution in [2.75, 3.05) is 13.2 Å². The van der Waals surface area contributed by atoms with E-state index >= 15 is 0 Å². The van der Waals surface area contributed by atoms with E-state index in [0.717, 1.165) is 122 Å². The Hall–Kier alpha value is -3.84. The van der Waals surface area contributed by atoms with Gasteiger partial charge >= 0.3 is 23.9 Å². The molecular formula is C67H114O12. The maximum atomic E-state index is 13.2. The van der Waals surface area contributed by atoms with Gasteiger partial charge < -0.3 is 39.0 Å². The number of hydrogen-bond donors (Lipinski definition) is 3. The highest BCUT2D eigenvalue weighted by molar-refractivity contribution is 5.74. The smallest absolute Gasteiger partial charge is 0.335 e. The van der Waals surface area contributed by atoms with E-state index in [1.807, 2.05) is 0 Å². The van der Waals surface area contributed by atoms with E-state index < -0.39 is 67.3 Å². The summed E-state index contributed by atoms with van der Waals surface area (Å²) in [6.45, 7) is 5.78. The molecule has 1 fully saturated rings. The number of carbonyl (C=O) groups excluding carboxylic acids is 3. The fraction of sp³-hybridized carbons (Fsp3) is 0.761. The third kappa shape index (κ3) is 44.5. The molecule has 0 aromatic heterocycles. The lowest BCUT2D eigenvalue weighted by molar-refractivity contribution is -0.301. The van der Waals surface area contributed by atoms with Crippen molar-refractivity contribution in [3.8, 4) is 0 Å². The minimum atomic E-state index is -1.91. The molecule has 1 aliphatic heterocycles. The summed E-state index contributed by atoms with van der Waals surface area (Å²) in [5, 5.41) is 31.5. The Balaban J connectivity index is 2.66. The number of carboxylic acids is 1. The zero-order valence-electron chi connectivity index (χ0n) is 50.1. The normalized spacial score (nSPS) is 18.3. The average Bonchev–Trinajstić information content (AvgIpc) is 3.46. The summed E-state index contributed by atoms with van der Waals surface area (Å²) in [4.78, 5) is 51.3. The van der Waals surface area contributed by atoms with Gasteiger partial charge in [0.15, 0.2) is 24.6 Å². The predicted octanol–water partition coefficient (Wildman–Crippen LogP) is 16.9. The topological polar surface area (TPSA) is 175 Å². The molecule has 0 spiro atoms. The van der Waals surface area contributed by atoms with Gasteiger partial charge in [-0.05, 0) is 83.5 Å². The van der Waals surface area contributed by atoms with Crippen LogP contribution in [0.3, 0.4) is 0 Å². The summed E-state index contributed by atoms with van der Waals surface area (Å²) in [6.07, 6.45) is 57.2. The molecule has 0 amide bonds. The fourth-order valence-electron chi connectivity index (χ4n) is 9.46. The van der Waals surface area contributed by atoms with Gasteiger partial charge in [-0.1, -0.05) is 248 Å². The molecule has 0 radical (unpaired) electrons.